The Morgan fingerprint density at radius 1 is 1.06 bits per heavy atom. The lowest BCUT2D eigenvalue weighted by Crippen LogP contribution is -2.44. The highest BCUT2D eigenvalue weighted by Gasteiger charge is 2.42. The lowest BCUT2D eigenvalue weighted by molar-refractivity contribution is -0.121. The SMILES string of the molecule is C=C(NCc1cccc2c1C(=O)N(C(CCC(C)=O)C(C)=O)C2=O)c1ccc(OC)cc1. The van der Waals surface area contributed by atoms with Gasteiger partial charge in [-0.1, -0.05) is 18.7 Å². The Morgan fingerprint density at radius 2 is 1.75 bits per heavy atom. The maximum atomic E-state index is 13.2. The third kappa shape index (κ3) is 4.61. The van der Waals surface area contributed by atoms with Gasteiger partial charge in [-0.05, 0) is 61.7 Å². The van der Waals surface area contributed by atoms with Crippen molar-refractivity contribution in [2.24, 2.45) is 0 Å². The molecule has 1 heterocycles. The number of hydrogen-bond acceptors (Lipinski definition) is 6. The minimum absolute atomic E-state index is 0.102. The molecular weight excluding hydrogens is 408 g/mol. The number of Topliss-reactive ketones (excluding diaryl/α,β-unsaturated/α-hetero) is 2. The minimum atomic E-state index is -0.957. The third-order valence-electron chi connectivity index (χ3n) is 5.51. The van der Waals surface area contributed by atoms with Gasteiger partial charge in [-0.3, -0.25) is 19.3 Å². The van der Waals surface area contributed by atoms with E-state index in [4.69, 9.17) is 4.74 Å². The van der Waals surface area contributed by atoms with Crippen LogP contribution < -0.4 is 10.1 Å². The molecular formula is C25H26N2O5. The first-order valence-corrected chi connectivity index (χ1v) is 10.3. The van der Waals surface area contributed by atoms with Gasteiger partial charge < -0.3 is 14.8 Å². The van der Waals surface area contributed by atoms with Gasteiger partial charge in [-0.2, -0.15) is 0 Å². The van der Waals surface area contributed by atoms with Crippen molar-refractivity contribution < 1.29 is 23.9 Å². The molecule has 3 rings (SSSR count). The van der Waals surface area contributed by atoms with Crippen LogP contribution in [-0.4, -0.2) is 41.4 Å². The highest BCUT2D eigenvalue weighted by Crippen LogP contribution is 2.29. The molecule has 0 saturated heterocycles. The van der Waals surface area contributed by atoms with Gasteiger partial charge in [0.1, 0.15) is 11.5 Å². The Bertz CT molecular complexity index is 1090. The summed E-state index contributed by atoms with van der Waals surface area (Å²) in [5.41, 5.74) is 2.69. The molecule has 1 unspecified atom stereocenters. The van der Waals surface area contributed by atoms with Crippen LogP contribution in [0.3, 0.4) is 0 Å². The van der Waals surface area contributed by atoms with E-state index >= 15 is 0 Å². The molecule has 166 valence electrons. The molecule has 1 aliphatic heterocycles. The van der Waals surface area contributed by atoms with Gasteiger partial charge in [0.15, 0.2) is 5.78 Å². The molecule has 7 nitrogen and oxygen atoms in total. The molecule has 32 heavy (non-hydrogen) atoms. The standard InChI is InChI=1S/C25H26N2O5/c1-15(28)8-13-22(17(3)29)27-24(30)21-7-5-6-19(23(21)25(27)31)14-26-16(2)18-9-11-20(32-4)12-10-18/h5-7,9-12,22,26H,2,8,13-14H2,1,3-4H3. The number of hydrogen-bond donors (Lipinski definition) is 1. The van der Waals surface area contributed by atoms with E-state index < -0.39 is 17.9 Å². The number of nitrogens with one attached hydrogen (secondary N) is 1. The fraction of sp³-hybridized carbons (Fsp3) is 0.280. The minimum Gasteiger partial charge on any atom is -0.497 e. The summed E-state index contributed by atoms with van der Waals surface area (Å²) in [6, 6.07) is 11.5. The maximum Gasteiger partial charge on any atom is 0.262 e. The first-order chi connectivity index (χ1) is 15.2. The first kappa shape index (κ1) is 22.9. The highest BCUT2D eigenvalue weighted by atomic mass is 16.5. The Hall–Kier alpha value is -3.74. The predicted octanol–water partition coefficient (Wildman–Crippen LogP) is 3.38. The normalized spacial score (nSPS) is 13.5. The largest absolute Gasteiger partial charge is 0.497 e. The summed E-state index contributed by atoms with van der Waals surface area (Å²) in [6.07, 6.45) is 0.242. The molecule has 0 aromatic heterocycles. The summed E-state index contributed by atoms with van der Waals surface area (Å²) >= 11 is 0. The summed E-state index contributed by atoms with van der Waals surface area (Å²) in [5.74, 6) is -0.717. The number of carbonyl (C=O) groups is 4. The van der Waals surface area contributed by atoms with Gasteiger partial charge >= 0.3 is 0 Å². The zero-order valence-electron chi connectivity index (χ0n) is 18.4. The second kappa shape index (κ2) is 9.60. The molecule has 1 atom stereocenters. The number of ether oxygens (including phenoxy) is 1. The lowest BCUT2D eigenvalue weighted by atomic mass is 10.0. The zero-order valence-corrected chi connectivity index (χ0v) is 18.4. The fourth-order valence-corrected chi connectivity index (χ4v) is 3.75. The molecule has 2 aromatic carbocycles. The van der Waals surface area contributed by atoms with Crippen LogP contribution in [0, 0.1) is 0 Å². The number of benzene rings is 2. The average Bonchev–Trinajstić information content (AvgIpc) is 3.03. The molecule has 0 aliphatic carbocycles. The van der Waals surface area contributed by atoms with Crippen LogP contribution in [0.2, 0.25) is 0 Å². The van der Waals surface area contributed by atoms with Crippen LogP contribution in [0.5, 0.6) is 5.75 Å². The number of nitrogens with zero attached hydrogens (tertiary/aromatic N) is 1. The van der Waals surface area contributed by atoms with Crippen molar-refractivity contribution in [3.8, 4) is 5.75 Å². The number of fused-ring (bicyclic) bond motifs is 1. The van der Waals surface area contributed by atoms with E-state index in [-0.39, 0.29) is 42.1 Å². The number of rotatable bonds is 10. The number of amides is 2. The van der Waals surface area contributed by atoms with Crippen LogP contribution in [0.4, 0.5) is 0 Å². The molecule has 7 heteroatoms. The van der Waals surface area contributed by atoms with Crippen molar-refractivity contribution in [2.75, 3.05) is 7.11 Å². The van der Waals surface area contributed by atoms with E-state index in [1.54, 1.807) is 25.3 Å². The second-order valence-electron chi connectivity index (χ2n) is 7.75. The van der Waals surface area contributed by atoms with E-state index in [1.807, 2.05) is 24.3 Å². The highest BCUT2D eigenvalue weighted by molar-refractivity contribution is 6.23. The molecule has 0 spiro atoms. The van der Waals surface area contributed by atoms with E-state index in [9.17, 15) is 19.2 Å². The van der Waals surface area contributed by atoms with E-state index in [0.717, 1.165) is 16.2 Å². The molecule has 0 radical (unpaired) electrons. The van der Waals surface area contributed by atoms with E-state index in [2.05, 4.69) is 11.9 Å². The fourth-order valence-electron chi connectivity index (χ4n) is 3.75. The Balaban J connectivity index is 1.81. The lowest BCUT2D eigenvalue weighted by Gasteiger charge is -2.23. The molecule has 0 bridgehead atoms. The van der Waals surface area contributed by atoms with Crippen LogP contribution in [-0.2, 0) is 16.1 Å². The molecule has 1 aliphatic rings. The van der Waals surface area contributed by atoms with Crippen LogP contribution >= 0.6 is 0 Å². The second-order valence-corrected chi connectivity index (χ2v) is 7.75. The number of ketones is 2. The van der Waals surface area contributed by atoms with Crippen molar-refractivity contribution >= 4 is 29.1 Å². The monoisotopic (exact) mass is 434 g/mol. The van der Waals surface area contributed by atoms with Crippen molar-refractivity contribution in [3.63, 3.8) is 0 Å². The van der Waals surface area contributed by atoms with Crippen LogP contribution in [0.15, 0.2) is 49.0 Å². The van der Waals surface area contributed by atoms with Crippen molar-refractivity contribution in [3.05, 3.63) is 71.3 Å². The van der Waals surface area contributed by atoms with Gasteiger partial charge in [-0.25, -0.2) is 0 Å². The van der Waals surface area contributed by atoms with Crippen molar-refractivity contribution in [1.82, 2.24) is 10.2 Å². The van der Waals surface area contributed by atoms with Crippen LogP contribution in [0.25, 0.3) is 5.70 Å². The van der Waals surface area contributed by atoms with Gasteiger partial charge in [0.2, 0.25) is 0 Å². The van der Waals surface area contributed by atoms with Crippen LogP contribution in [0.1, 0.15) is 58.5 Å². The van der Waals surface area contributed by atoms with Gasteiger partial charge in [-0.15, -0.1) is 0 Å². The third-order valence-corrected chi connectivity index (χ3v) is 5.51. The average molecular weight is 434 g/mol. The molecule has 2 amide bonds. The summed E-state index contributed by atoms with van der Waals surface area (Å²) in [4.78, 5) is 50.8. The quantitative estimate of drug-likeness (QED) is 0.577. The Labute approximate surface area is 187 Å². The summed E-state index contributed by atoms with van der Waals surface area (Å²) in [6.45, 7) is 7.06. The molecule has 0 saturated carbocycles. The number of carbonyl (C=O) groups excluding carboxylic acids is 4. The summed E-state index contributed by atoms with van der Waals surface area (Å²) in [5, 5.41) is 3.20. The Morgan fingerprint density at radius 3 is 2.34 bits per heavy atom. The number of imide groups is 1. The summed E-state index contributed by atoms with van der Waals surface area (Å²) < 4.78 is 5.16. The van der Waals surface area contributed by atoms with Gasteiger partial charge in [0.25, 0.3) is 11.8 Å². The first-order valence-electron chi connectivity index (χ1n) is 10.3. The smallest absolute Gasteiger partial charge is 0.262 e. The predicted molar refractivity (Wildman–Crippen MR) is 120 cm³/mol. The molecule has 1 N–H and O–H groups in total. The maximum absolute atomic E-state index is 13.2. The van der Waals surface area contributed by atoms with Crippen molar-refractivity contribution in [2.45, 2.75) is 39.3 Å². The number of methoxy groups -OCH3 is 1. The molecule has 0 fully saturated rings. The summed E-state index contributed by atoms with van der Waals surface area (Å²) in [7, 11) is 1.59. The zero-order chi connectivity index (χ0) is 23.4. The topological polar surface area (TPSA) is 92.8 Å². The van der Waals surface area contributed by atoms with Crippen molar-refractivity contribution in [1.29, 1.82) is 0 Å². The Kier molecular flexibility index (Phi) is 6.88. The van der Waals surface area contributed by atoms with E-state index in [1.165, 1.54) is 13.8 Å². The molecule has 2 aromatic rings. The van der Waals surface area contributed by atoms with E-state index in [0.29, 0.717) is 11.3 Å². The van der Waals surface area contributed by atoms with Gasteiger partial charge in [0, 0.05) is 18.7 Å². The van der Waals surface area contributed by atoms with Gasteiger partial charge in [0.05, 0.1) is 24.3 Å².